The summed E-state index contributed by atoms with van der Waals surface area (Å²) in [6, 6.07) is 5.60. The van der Waals surface area contributed by atoms with E-state index in [1.807, 2.05) is 36.6 Å². The number of sulfone groups is 1. The Morgan fingerprint density at radius 2 is 2.00 bits per heavy atom. The van der Waals surface area contributed by atoms with Gasteiger partial charge in [-0.05, 0) is 50.8 Å². The van der Waals surface area contributed by atoms with Gasteiger partial charge in [-0.3, -0.25) is 9.59 Å². The molecule has 1 aliphatic rings. The quantitative estimate of drug-likeness (QED) is 0.453. The zero-order valence-corrected chi connectivity index (χ0v) is 21.6. The standard InChI is InChI=1S/C23H33N3O6S2/c1-4-17-8-6-7-11-25(17)22(28)16-34(29,30)15-21(27)24-23-26(12-13-32-5-2)19-10-9-18(31-3)14-20(19)33-23/h9-10,14,17H,4-8,11-13,15-16H2,1-3H3. The van der Waals surface area contributed by atoms with Crippen molar-refractivity contribution in [3.63, 3.8) is 0 Å². The summed E-state index contributed by atoms with van der Waals surface area (Å²) >= 11 is 1.28. The number of amides is 2. The maximum Gasteiger partial charge on any atom is 0.263 e. The number of methoxy groups -OCH3 is 1. The van der Waals surface area contributed by atoms with Gasteiger partial charge >= 0.3 is 0 Å². The lowest BCUT2D eigenvalue weighted by molar-refractivity contribution is -0.132. The highest BCUT2D eigenvalue weighted by Gasteiger charge is 2.29. The monoisotopic (exact) mass is 511 g/mol. The Kier molecular flexibility index (Phi) is 9.26. The normalized spacial score (nSPS) is 17.3. The molecule has 11 heteroatoms. The van der Waals surface area contributed by atoms with Crippen molar-refractivity contribution in [2.45, 2.75) is 52.1 Å². The first kappa shape index (κ1) is 26.4. The predicted molar refractivity (Wildman–Crippen MR) is 132 cm³/mol. The van der Waals surface area contributed by atoms with Gasteiger partial charge in [-0.1, -0.05) is 18.3 Å². The van der Waals surface area contributed by atoms with Crippen LogP contribution >= 0.6 is 11.3 Å². The number of carbonyl (C=O) groups excluding carboxylic acids is 2. The van der Waals surface area contributed by atoms with Gasteiger partial charge in [-0.15, -0.1) is 0 Å². The summed E-state index contributed by atoms with van der Waals surface area (Å²) in [5.74, 6) is -2.01. The van der Waals surface area contributed by atoms with Gasteiger partial charge in [0.05, 0.1) is 23.9 Å². The zero-order valence-electron chi connectivity index (χ0n) is 20.0. The lowest BCUT2D eigenvalue weighted by Gasteiger charge is -2.35. The Morgan fingerprint density at radius 1 is 1.21 bits per heavy atom. The lowest BCUT2D eigenvalue weighted by atomic mass is 10.0. The van der Waals surface area contributed by atoms with Gasteiger partial charge in [0, 0.05) is 25.7 Å². The molecule has 188 valence electrons. The molecular weight excluding hydrogens is 478 g/mol. The van der Waals surface area contributed by atoms with Gasteiger partial charge in [0.2, 0.25) is 5.91 Å². The Labute approximate surface area is 204 Å². The van der Waals surface area contributed by atoms with Crippen molar-refractivity contribution in [1.29, 1.82) is 0 Å². The molecule has 0 saturated carbocycles. The number of thiazole rings is 1. The molecule has 0 N–H and O–H groups in total. The maximum absolute atomic E-state index is 12.7. The fraction of sp³-hybridized carbons (Fsp3) is 0.609. The van der Waals surface area contributed by atoms with Gasteiger partial charge in [-0.25, -0.2) is 8.42 Å². The first-order valence-electron chi connectivity index (χ1n) is 11.6. The van der Waals surface area contributed by atoms with Crippen LogP contribution in [0, 0.1) is 0 Å². The number of hydrogen-bond acceptors (Lipinski definition) is 7. The number of likely N-dealkylation sites (tertiary alicyclic amines) is 1. The molecule has 3 rings (SSSR count). The molecule has 1 saturated heterocycles. The van der Waals surface area contributed by atoms with Crippen LogP contribution in [0.15, 0.2) is 23.2 Å². The van der Waals surface area contributed by atoms with E-state index in [-0.39, 0.29) is 6.04 Å². The number of rotatable bonds is 10. The van der Waals surface area contributed by atoms with E-state index in [9.17, 15) is 18.0 Å². The van der Waals surface area contributed by atoms with Crippen LogP contribution in [0.3, 0.4) is 0 Å². The van der Waals surface area contributed by atoms with Crippen molar-refractivity contribution >= 4 is 43.2 Å². The summed E-state index contributed by atoms with van der Waals surface area (Å²) in [7, 11) is -2.36. The largest absolute Gasteiger partial charge is 0.497 e. The second-order valence-electron chi connectivity index (χ2n) is 8.25. The Bertz CT molecular complexity index is 1190. The minimum absolute atomic E-state index is 0.0664. The Balaban J connectivity index is 1.80. The number of benzene rings is 1. The van der Waals surface area contributed by atoms with Crippen molar-refractivity contribution < 1.29 is 27.5 Å². The van der Waals surface area contributed by atoms with Crippen molar-refractivity contribution in [3.8, 4) is 5.75 Å². The molecule has 1 unspecified atom stereocenters. The van der Waals surface area contributed by atoms with Crippen molar-refractivity contribution in [1.82, 2.24) is 9.47 Å². The molecule has 1 atom stereocenters. The molecule has 0 bridgehead atoms. The van der Waals surface area contributed by atoms with Crippen molar-refractivity contribution in [2.24, 2.45) is 4.99 Å². The van der Waals surface area contributed by atoms with Gasteiger partial charge < -0.3 is 18.9 Å². The maximum atomic E-state index is 12.7. The summed E-state index contributed by atoms with van der Waals surface area (Å²) < 4.78 is 38.8. The van der Waals surface area contributed by atoms with E-state index in [0.717, 1.165) is 35.9 Å². The summed E-state index contributed by atoms with van der Waals surface area (Å²) in [5.41, 5.74) is 0.853. The summed E-state index contributed by atoms with van der Waals surface area (Å²) in [5, 5.41) is 0. The molecule has 2 aromatic rings. The van der Waals surface area contributed by atoms with Gasteiger partial charge in [0.1, 0.15) is 17.3 Å². The second-order valence-corrected chi connectivity index (χ2v) is 11.3. The van der Waals surface area contributed by atoms with Crippen LogP contribution < -0.4 is 9.54 Å². The van der Waals surface area contributed by atoms with Crippen LogP contribution in [-0.4, -0.2) is 74.1 Å². The molecule has 0 radical (unpaired) electrons. The highest BCUT2D eigenvalue weighted by Crippen LogP contribution is 2.23. The van der Waals surface area contributed by atoms with Crippen LogP contribution in [0.1, 0.15) is 39.5 Å². The minimum Gasteiger partial charge on any atom is -0.497 e. The van der Waals surface area contributed by atoms with Crippen LogP contribution in [0.25, 0.3) is 10.2 Å². The molecule has 0 aliphatic carbocycles. The summed E-state index contributed by atoms with van der Waals surface area (Å²) in [6.07, 6.45) is 3.58. The lowest BCUT2D eigenvalue weighted by Crippen LogP contribution is -2.46. The highest BCUT2D eigenvalue weighted by atomic mass is 32.2. The van der Waals surface area contributed by atoms with E-state index < -0.39 is 33.2 Å². The van der Waals surface area contributed by atoms with Gasteiger partial charge in [0.25, 0.3) is 5.91 Å². The fourth-order valence-electron chi connectivity index (χ4n) is 4.18. The minimum atomic E-state index is -3.94. The van der Waals surface area contributed by atoms with E-state index in [4.69, 9.17) is 9.47 Å². The molecule has 34 heavy (non-hydrogen) atoms. The molecule has 1 aliphatic heterocycles. The average Bonchev–Trinajstić information content (AvgIpc) is 3.14. The van der Waals surface area contributed by atoms with E-state index in [1.165, 1.54) is 11.3 Å². The number of carbonyl (C=O) groups is 2. The molecule has 2 heterocycles. The molecule has 2 amide bonds. The summed E-state index contributed by atoms with van der Waals surface area (Å²) in [6.45, 7) is 5.91. The number of piperidine rings is 1. The highest BCUT2D eigenvalue weighted by molar-refractivity contribution is 7.92. The van der Waals surface area contributed by atoms with E-state index in [1.54, 1.807) is 12.0 Å². The number of hydrogen-bond donors (Lipinski definition) is 0. The third-order valence-corrected chi connectivity index (χ3v) is 8.29. The number of fused-ring (bicyclic) bond motifs is 1. The van der Waals surface area contributed by atoms with Crippen LogP contribution in [-0.2, 0) is 30.7 Å². The SMILES string of the molecule is CCOCCn1c(=NC(=O)CS(=O)(=O)CC(=O)N2CCCCC2CC)sc2cc(OC)ccc21. The molecule has 9 nitrogen and oxygen atoms in total. The first-order valence-corrected chi connectivity index (χ1v) is 14.2. The van der Waals surface area contributed by atoms with Crippen LogP contribution in [0.5, 0.6) is 5.75 Å². The van der Waals surface area contributed by atoms with E-state index in [0.29, 0.717) is 36.9 Å². The van der Waals surface area contributed by atoms with Gasteiger partial charge in [-0.2, -0.15) is 4.99 Å². The Hall–Kier alpha value is -2.24. The van der Waals surface area contributed by atoms with E-state index in [2.05, 4.69) is 4.99 Å². The fourth-order valence-corrected chi connectivity index (χ4v) is 6.37. The molecule has 0 spiro atoms. The third kappa shape index (κ3) is 6.67. The smallest absolute Gasteiger partial charge is 0.263 e. The van der Waals surface area contributed by atoms with E-state index >= 15 is 0 Å². The molecule has 1 fully saturated rings. The number of ether oxygens (including phenoxy) is 2. The first-order chi connectivity index (χ1) is 16.3. The molecular formula is C23H33N3O6S2. The number of aromatic nitrogens is 1. The average molecular weight is 512 g/mol. The number of nitrogens with zero attached hydrogens (tertiary/aromatic N) is 3. The third-order valence-electron chi connectivity index (χ3n) is 5.88. The van der Waals surface area contributed by atoms with Gasteiger partial charge in [0.15, 0.2) is 14.6 Å². The topological polar surface area (TPSA) is 107 Å². The summed E-state index contributed by atoms with van der Waals surface area (Å²) in [4.78, 5) is 31.5. The zero-order chi connectivity index (χ0) is 24.7. The van der Waals surface area contributed by atoms with Crippen molar-refractivity contribution in [2.75, 3.05) is 38.4 Å². The molecule has 1 aromatic carbocycles. The van der Waals surface area contributed by atoms with Crippen molar-refractivity contribution in [3.05, 3.63) is 23.0 Å². The second kappa shape index (κ2) is 11.9. The van der Waals surface area contributed by atoms with Crippen LogP contribution in [0.4, 0.5) is 0 Å². The molecule has 1 aromatic heterocycles. The predicted octanol–water partition coefficient (Wildman–Crippen LogP) is 2.38. The Morgan fingerprint density at radius 3 is 2.71 bits per heavy atom. The van der Waals surface area contributed by atoms with Crippen LogP contribution in [0.2, 0.25) is 0 Å².